The molecule has 0 aromatic rings. The Morgan fingerprint density at radius 3 is 1.64 bits per heavy atom. The summed E-state index contributed by atoms with van der Waals surface area (Å²) in [6, 6.07) is 0. The first-order valence-electron chi connectivity index (χ1n) is 3.57. The third-order valence-corrected chi connectivity index (χ3v) is 0.864. The second-order valence-corrected chi connectivity index (χ2v) is 2.73. The van der Waals surface area contributed by atoms with Crippen LogP contribution in [0, 0.1) is 0 Å². The number of hydrogen-bond donors (Lipinski definition) is 0. The van der Waals surface area contributed by atoms with Gasteiger partial charge in [0.05, 0.1) is 13.2 Å². The average molecular weight is 156 g/mol. The van der Waals surface area contributed by atoms with Gasteiger partial charge in [-0.2, -0.15) is 0 Å². The SMILES string of the molecule is C=C(C)COCOCC(=C)C. The van der Waals surface area contributed by atoms with Crippen LogP contribution in [-0.4, -0.2) is 20.0 Å². The van der Waals surface area contributed by atoms with Crippen LogP contribution in [0.5, 0.6) is 0 Å². The van der Waals surface area contributed by atoms with Gasteiger partial charge in [-0.25, -0.2) is 0 Å². The van der Waals surface area contributed by atoms with Crippen LogP contribution in [0.3, 0.4) is 0 Å². The van der Waals surface area contributed by atoms with Gasteiger partial charge in [0.15, 0.2) is 0 Å². The highest BCUT2D eigenvalue weighted by Crippen LogP contribution is 1.91. The second kappa shape index (κ2) is 6.13. The van der Waals surface area contributed by atoms with Crippen molar-refractivity contribution in [2.24, 2.45) is 0 Å². The van der Waals surface area contributed by atoms with Gasteiger partial charge >= 0.3 is 0 Å². The Labute approximate surface area is 68.5 Å². The van der Waals surface area contributed by atoms with Crippen molar-refractivity contribution >= 4 is 0 Å². The predicted molar refractivity (Wildman–Crippen MR) is 46.4 cm³/mol. The third kappa shape index (κ3) is 9.40. The van der Waals surface area contributed by atoms with Crippen molar-refractivity contribution in [3.63, 3.8) is 0 Å². The van der Waals surface area contributed by atoms with Crippen molar-refractivity contribution in [3.05, 3.63) is 24.3 Å². The normalized spacial score (nSPS) is 9.64. The lowest BCUT2D eigenvalue weighted by Crippen LogP contribution is -2.03. The van der Waals surface area contributed by atoms with E-state index in [4.69, 9.17) is 9.47 Å². The third-order valence-electron chi connectivity index (χ3n) is 0.864. The van der Waals surface area contributed by atoms with Crippen LogP contribution in [0.1, 0.15) is 13.8 Å². The van der Waals surface area contributed by atoms with Crippen LogP contribution < -0.4 is 0 Å². The fourth-order valence-corrected chi connectivity index (χ4v) is 0.491. The zero-order valence-corrected chi connectivity index (χ0v) is 7.35. The number of rotatable bonds is 6. The molecule has 0 spiro atoms. The van der Waals surface area contributed by atoms with Gasteiger partial charge in [0.25, 0.3) is 0 Å². The van der Waals surface area contributed by atoms with Gasteiger partial charge in [0.2, 0.25) is 0 Å². The second-order valence-electron chi connectivity index (χ2n) is 2.73. The smallest absolute Gasteiger partial charge is 0.147 e. The van der Waals surface area contributed by atoms with E-state index < -0.39 is 0 Å². The van der Waals surface area contributed by atoms with E-state index in [0.29, 0.717) is 20.0 Å². The Bertz CT molecular complexity index is 122. The molecule has 0 saturated carbocycles. The average Bonchev–Trinajstić information content (AvgIpc) is 1.85. The first kappa shape index (κ1) is 10.4. The molecule has 0 aromatic heterocycles. The molecule has 11 heavy (non-hydrogen) atoms. The molecule has 0 rings (SSSR count). The Kier molecular flexibility index (Phi) is 5.80. The fraction of sp³-hybridized carbons (Fsp3) is 0.556. The van der Waals surface area contributed by atoms with Crippen molar-refractivity contribution in [1.82, 2.24) is 0 Å². The molecule has 0 unspecified atom stereocenters. The highest BCUT2D eigenvalue weighted by Gasteiger charge is 1.88. The molecule has 0 bridgehead atoms. The van der Waals surface area contributed by atoms with Crippen molar-refractivity contribution in [2.75, 3.05) is 20.0 Å². The van der Waals surface area contributed by atoms with Crippen molar-refractivity contribution < 1.29 is 9.47 Å². The first-order valence-corrected chi connectivity index (χ1v) is 3.57. The van der Waals surface area contributed by atoms with E-state index in [1.807, 2.05) is 13.8 Å². The summed E-state index contributed by atoms with van der Waals surface area (Å²) < 4.78 is 10.2. The summed E-state index contributed by atoms with van der Waals surface area (Å²) in [6.07, 6.45) is 0. The largest absolute Gasteiger partial charge is 0.351 e. The van der Waals surface area contributed by atoms with Gasteiger partial charge < -0.3 is 9.47 Å². The van der Waals surface area contributed by atoms with Crippen LogP contribution in [0.25, 0.3) is 0 Å². The highest BCUT2D eigenvalue weighted by molar-refractivity contribution is 4.88. The minimum absolute atomic E-state index is 0.319. The molecule has 0 aromatic carbocycles. The Balaban J connectivity index is 3.03. The zero-order valence-electron chi connectivity index (χ0n) is 7.35. The van der Waals surface area contributed by atoms with Gasteiger partial charge in [-0.3, -0.25) is 0 Å². The molecule has 2 nitrogen and oxygen atoms in total. The topological polar surface area (TPSA) is 18.5 Å². The zero-order chi connectivity index (χ0) is 8.69. The first-order chi connectivity index (χ1) is 5.13. The monoisotopic (exact) mass is 156 g/mol. The summed E-state index contributed by atoms with van der Waals surface area (Å²) in [5.41, 5.74) is 2.01. The Hall–Kier alpha value is -0.600. The lowest BCUT2D eigenvalue weighted by molar-refractivity contribution is -0.0374. The Morgan fingerprint density at radius 1 is 1.00 bits per heavy atom. The standard InChI is InChI=1S/C9H16O2/c1-8(2)5-10-7-11-6-9(3)4/h1,3,5-7H2,2,4H3. The number of hydrogen-bond acceptors (Lipinski definition) is 2. The van der Waals surface area contributed by atoms with Crippen LogP contribution in [-0.2, 0) is 9.47 Å². The van der Waals surface area contributed by atoms with E-state index in [0.717, 1.165) is 11.1 Å². The molecule has 0 aliphatic heterocycles. The maximum Gasteiger partial charge on any atom is 0.147 e. The summed E-state index contributed by atoms with van der Waals surface area (Å²) in [5, 5.41) is 0. The van der Waals surface area contributed by atoms with Gasteiger partial charge in [0, 0.05) is 0 Å². The van der Waals surface area contributed by atoms with Crippen LogP contribution >= 0.6 is 0 Å². The van der Waals surface area contributed by atoms with E-state index in [-0.39, 0.29) is 0 Å². The molecule has 0 fully saturated rings. The summed E-state index contributed by atoms with van der Waals surface area (Å²) >= 11 is 0. The van der Waals surface area contributed by atoms with Gasteiger partial charge in [-0.1, -0.05) is 24.3 Å². The number of ether oxygens (including phenoxy) is 2. The molecule has 2 heteroatoms. The predicted octanol–water partition coefficient (Wildman–Crippen LogP) is 2.13. The minimum atomic E-state index is 0.319. The summed E-state index contributed by atoms with van der Waals surface area (Å²) in [5.74, 6) is 0. The molecular weight excluding hydrogens is 140 g/mol. The maximum absolute atomic E-state index is 5.08. The molecule has 0 heterocycles. The minimum Gasteiger partial charge on any atom is -0.351 e. The van der Waals surface area contributed by atoms with Crippen molar-refractivity contribution in [3.8, 4) is 0 Å². The summed E-state index contributed by atoms with van der Waals surface area (Å²) in [4.78, 5) is 0. The quantitative estimate of drug-likeness (QED) is 0.333. The van der Waals surface area contributed by atoms with E-state index in [2.05, 4.69) is 13.2 Å². The fourth-order valence-electron chi connectivity index (χ4n) is 0.491. The molecule has 0 aliphatic rings. The van der Waals surface area contributed by atoms with Crippen LogP contribution in [0.2, 0.25) is 0 Å². The lowest BCUT2D eigenvalue weighted by atomic mass is 10.4. The van der Waals surface area contributed by atoms with Crippen LogP contribution in [0.4, 0.5) is 0 Å². The molecule has 0 atom stereocenters. The van der Waals surface area contributed by atoms with Gasteiger partial charge in [-0.05, 0) is 13.8 Å². The molecule has 0 saturated heterocycles. The maximum atomic E-state index is 5.08. The molecule has 64 valence electrons. The molecule has 0 radical (unpaired) electrons. The van der Waals surface area contributed by atoms with E-state index in [1.165, 1.54) is 0 Å². The van der Waals surface area contributed by atoms with Gasteiger partial charge in [0.1, 0.15) is 6.79 Å². The van der Waals surface area contributed by atoms with Gasteiger partial charge in [-0.15, -0.1) is 0 Å². The Morgan fingerprint density at radius 2 is 1.36 bits per heavy atom. The summed E-state index contributed by atoms with van der Waals surface area (Å²) in [7, 11) is 0. The van der Waals surface area contributed by atoms with E-state index in [1.54, 1.807) is 0 Å². The van der Waals surface area contributed by atoms with E-state index >= 15 is 0 Å². The lowest BCUT2D eigenvalue weighted by Gasteiger charge is -2.04. The van der Waals surface area contributed by atoms with Crippen LogP contribution in [0.15, 0.2) is 24.3 Å². The summed E-state index contributed by atoms with van der Waals surface area (Å²) in [6.45, 7) is 12.7. The molecule has 0 aliphatic carbocycles. The molecular formula is C9H16O2. The highest BCUT2D eigenvalue weighted by atomic mass is 16.7. The molecule has 0 N–H and O–H groups in total. The van der Waals surface area contributed by atoms with Crippen molar-refractivity contribution in [1.29, 1.82) is 0 Å². The van der Waals surface area contributed by atoms with E-state index in [9.17, 15) is 0 Å². The molecule has 0 amide bonds. The van der Waals surface area contributed by atoms with Crippen molar-refractivity contribution in [2.45, 2.75) is 13.8 Å².